The molecule has 214 valence electrons. The molecule has 9 heteroatoms. The number of nitrogens with zero attached hydrogens (tertiary/aromatic N) is 4. The molecule has 0 bridgehead atoms. The molecule has 2 N–H and O–H groups in total. The highest BCUT2D eigenvalue weighted by Gasteiger charge is 2.20. The summed E-state index contributed by atoms with van der Waals surface area (Å²) in [6.45, 7) is 7.17. The zero-order valence-electron chi connectivity index (χ0n) is 24.0. The molecule has 7 nitrogen and oxygen atoms in total. The van der Waals surface area contributed by atoms with E-state index < -0.39 is 11.6 Å². The number of halogens is 1. The predicted molar refractivity (Wildman–Crippen MR) is 171 cm³/mol. The van der Waals surface area contributed by atoms with Crippen LogP contribution in [0.2, 0.25) is 5.02 Å². The molecule has 6 rings (SSSR count). The van der Waals surface area contributed by atoms with E-state index in [1.807, 2.05) is 73.4 Å². The minimum atomic E-state index is -0.871. The number of carboxylic acid groups (broad SMARTS) is 1. The molecular weight excluding hydrogens is 568 g/mol. The largest absolute Gasteiger partial charge is 0.481 e. The highest BCUT2D eigenvalue weighted by Crippen LogP contribution is 2.42. The van der Waals surface area contributed by atoms with Crippen LogP contribution in [0.5, 0.6) is 0 Å². The third kappa shape index (κ3) is 6.36. The maximum absolute atomic E-state index is 11.7. The second-order valence-corrected chi connectivity index (χ2v) is 12.6. The number of rotatable bonds is 5. The predicted octanol–water partition coefficient (Wildman–Crippen LogP) is 7.95. The molecular formula is C33H31ClN4O3S. The van der Waals surface area contributed by atoms with Gasteiger partial charge < -0.3 is 14.8 Å². The lowest BCUT2D eigenvalue weighted by molar-refractivity contribution is -0.136. The standard InChI is InChI=1S/C29H21ClN4O2S.C4H10O/c1-16-10-24-27(26(21(16)12-25(35)36)17-5-7-20(30)8-6-17)37-29(33-24)19-11-22-23(18-4-3-9-31-13-18)15-34(2)28(22)32-14-19;1-4(2,3)5/h3-11,13-15H,12H2,1-2H3,(H,35,36);5H,1-3H3. The minimum Gasteiger partial charge on any atom is -0.481 e. The van der Waals surface area contributed by atoms with Crippen LogP contribution in [-0.2, 0) is 18.3 Å². The number of carbonyl (C=O) groups is 1. The number of aromatic nitrogens is 4. The van der Waals surface area contributed by atoms with Crippen LogP contribution >= 0.6 is 22.9 Å². The summed E-state index contributed by atoms with van der Waals surface area (Å²) in [6.07, 6.45) is 7.46. The molecule has 6 aromatic rings. The van der Waals surface area contributed by atoms with Gasteiger partial charge in [0.15, 0.2) is 0 Å². The first-order chi connectivity index (χ1) is 19.9. The van der Waals surface area contributed by atoms with Crippen LogP contribution in [0, 0.1) is 6.92 Å². The van der Waals surface area contributed by atoms with Gasteiger partial charge in [0.1, 0.15) is 10.7 Å². The van der Waals surface area contributed by atoms with Crippen LogP contribution in [0.3, 0.4) is 0 Å². The quantitative estimate of drug-likeness (QED) is 0.209. The van der Waals surface area contributed by atoms with Crippen molar-refractivity contribution in [2.24, 2.45) is 7.05 Å². The van der Waals surface area contributed by atoms with Gasteiger partial charge in [-0.1, -0.05) is 29.8 Å². The molecule has 0 aliphatic heterocycles. The summed E-state index contributed by atoms with van der Waals surface area (Å²) in [5.74, 6) is -0.871. The van der Waals surface area contributed by atoms with Gasteiger partial charge in [-0.2, -0.15) is 0 Å². The van der Waals surface area contributed by atoms with Gasteiger partial charge in [-0.15, -0.1) is 11.3 Å². The maximum Gasteiger partial charge on any atom is 0.307 e. The Kier molecular flexibility index (Phi) is 8.14. The molecule has 0 radical (unpaired) electrons. The number of aliphatic carboxylic acids is 1. The van der Waals surface area contributed by atoms with Gasteiger partial charge >= 0.3 is 5.97 Å². The lowest BCUT2D eigenvalue weighted by atomic mass is 9.93. The average molecular weight is 599 g/mol. The molecule has 42 heavy (non-hydrogen) atoms. The van der Waals surface area contributed by atoms with Crippen molar-refractivity contribution in [3.8, 4) is 32.8 Å². The molecule has 4 heterocycles. The van der Waals surface area contributed by atoms with Crippen molar-refractivity contribution in [3.63, 3.8) is 0 Å². The first-order valence-electron chi connectivity index (χ1n) is 13.4. The SMILES string of the molecule is CC(C)(C)O.Cc1cc2nc(-c3cnc4c(c3)c(-c3cccnc3)cn4C)sc2c(-c2ccc(Cl)cc2)c1CC(=O)O. The number of hydrogen-bond acceptors (Lipinski definition) is 6. The Labute approximate surface area is 253 Å². The van der Waals surface area contributed by atoms with E-state index in [-0.39, 0.29) is 6.42 Å². The highest BCUT2D eigenvalue weighted by atomic mass is 35.5. The topological polar surface area (TPSA) is 101 Å². The Morgan fingerprint density at radius 1 is 1.05 bits per heavy atom. The second-order valence-electron chi connectivity index (χ2n) is 11.2. The summed E-state index contributed by atoms with van der Waals surface area (Å²) in [5, 5.41) is 20.6. The Hall–Kier alpha value is -4.11. The fourth-order valence-corrected chi connectivity index (χ4v) is 6.03. The van der Waals surface area contributed by atoms with Gasteiger partial charge in [0.2, 0.25) is 0 Å². The molecule has 0 saturated heterocycles. The molecule has 0 unspecified atom stereocenters. The van der Waals surface area contributed by atoms with Gasteiger partial charge in [-0.25, -0.2) is 9.97 Å². The Balaban J connectivity index is 0.000000652. The van der Waals surface area contributed by atoms with Crippen molar-refractivity contribution >= 4 is 50.2 Å². The number of pyridine rings is 2. The number of benzene rings is 2. The summed E-state index contributed by atoms with van der Waals surface area (Å²) in [6, 6.07) is 15.6. The number of thiazole rings is 1. The number of fused-ring (bicyclic) bond motifs is 2. The smallest absolute Gasteiger partial charge is 0.307 e. The summed E-state index contributed by atoms with van der Waals surface area (Å²) >= 11 is 7.69. The van der Waals surface area contributed by atoms with Crippen LogP contribution in [0.1, 0.15) is 31.9 Å². The van der Waals surface area contributed by atoms with Crippen molar-refractivity contribution < 1.29 is 15.0 Å². The lowest BCUT2D eigenvalue weighted by Gasteiger charge is -2.13. The fraction of sp³-hybridized carbons (Fsp3) is 0.212. The van der Waals surface area contributed by atoms with Gasteiger partial charge in [-0.05, 0) is 74.7 Å². The molecule has 0 fully saturated rings. The fourth-order valence-electron chi connectivity index (χ4n) is 4.79. The summed E-state index contributed by atoms with van der Waals surface area (Å²) < 4.78 is 2.96. The van der Waals surface area contributed by atoms with Crippen LogP contribution < -0.4 is 0 Å². The maximum atomic E-state index is 11.7. The van der Waals surface area contributed by atoms with E-state index in [4.69, 9.17) is 26.7 Å². The highest BCUT2D eigenvalue weighted by molar-refractivity contribution is 7.22. The van der Waals surface area contributed by atoms with Crippen molar-refractivity contribution in [1.29, 1.82) is 0 Å². The molecule has 0 atom stereocenters. The molecule has 0 amide bonds. The van der Waals surface area contributed by atoms with Crippen LogP contribution in [0.4, 0.5) is 0 Å². The van der Waals surface area contributed by atoms with Crippen LogP contribution in [0.15, 0.2) is 73.3 Å². The Bertz CT molecular complexity index is 1900. The zero-order valence-corrected chi connectivity index (χ0v) is 25.6. The van der Waals surface area contributed by atoms with E-state index in [0.29, 0.717) is 5.02 Å². The lowest BCUT2D eigenvalue weighted by Crippen LogP contribution is -2.10. The molecule has 2 aromatic carbocycles. The zero-order chi connectivity index (χ0) is 30.2. The van der Waals surface area contributed by atoms with Crippen molar-refractivity contribution in [3.05, 3.63) is 89.5 Å². The number of carboxylic acids is 1. The van der Waals surface area contributed by atoms with Crippen molar-refractivity contribution in [1.82, 2.24) is 19.5 Å². The Morgan fingerprint density at radius 3 is 2.40 bits per heavy atom. The van der Waals surface area contributed by atoms with E-state index >= 15 is 0 Å². The Morgan fingerprint density at radius 2 is 1.76 bits per heavy atom. The van der Waals surface area contributed by atoms with E-state index in [1.54, 1.807) is 38.3 Å². The van der Waals surface area contributed by atoms with E-state index in [0.717, 1.165) is 65.2 Å². The first-order valence-corrected chi connectivity index (χ1v) is 14.6. The van der Waals surface area contributed by atoms with E-state index in [1.165, 1.54) is 0 Å². The summed E-state index contributed by atoms with van der Waals surface area (Å²) in [5.41, 5.74) is 7.69. The summed E-state index contributed by atoms with van der Waals surface area (Å²) in [4.78, 5) is 25.8. The number of aryl methyl sites for hydroxylation is 2. The molecule has 0 spiro atoms. The molecule has 0 aliphatic carbocycles. The van der Waals surface area contributed by atoms with Gasteiger partial charge in [0.05, 0.1) is 22.2 Å². The van der Waals surface area contributed by atoms with Crippen molar-refractivity contribution in [2.45, 2.75) is 39.7 Å². The van der Waals surface area contributed by atoms with Gasteiger partial charge in [-0.3, -0.25) is 9.78 Å². The van der Waals surface area contributed by atoms with Crippen molar-refractivity contribution in [2.75, 3.05) is 0 Å². The van der Waals surface area contributed by atoms with Crippen LogP contribution in [0.25, 0.3) is 54.1 Å². The molecule has 4 aromatic heterocycles. The third-order valence-electron chi connectivity index (χ3n) is 6.51. The monoisotopic (exact) mass is 598 g/mol. The summed E-state index contributed by atoms with van der Waals surface area (Å²) in [7, 11) is 1.98. The van der Waals surface area contributed by atoms with Gasteiger partial charge in [0.25, 0.3) is 0 Å². The van der Waals surface area contributed by atoms with E-state index in [9.17, 15) is 9.90 Å². The van der Waals surface area contributed by atoms with E-state index in [2.05, 4.69) is 17.2 Å². The number of aliphatic hydroxyl groups is 1. The van der Waals surface area contributed by atoms with Crippen LogP contribution in [-0.4, -0.2) is 41.3 Å². The minimum absolute atomic E-state index is 0.0705. The average Bonchev–Trinajstić information content (AvgIpc) is 3.49. The molecule has 0 aliphatic rings. The van der Waals surface area contributed by atoms with Gasteiger partial charge in [0, 0.05) is 64.5 Å². The molecule has 0 saturated carbocycles. The second kappa shape index (κ2) is 11.6. The first kappa shape index (κ1) is 29.4. The third-order valence-corrected chi connectivity index (χ3v) is 7.90. The number of hydrogen-bond donors (Lipinski definition) is 2. The normalized spacial score (nSPS) is 11.5.